The fraction of sp³-hybridized carbons (Fsp3) is 0.273. The zero-order valence-electron chi connectivity index (χ0n) is 16.1. The molecule has 4 nitrogen and oxygen atoms in total. The number of nitrogens with zero attached hydrogens (tertiary/aromatic N) is 2. The van der Waals surface area contributed by atoms with Crippen molar-refractivity contribution >= 4 is 23.0 Å². The van der Waals surface area contributed by atoms with Crippen LogP contribution in [0.25, 0.3) is 0 Å². The Hall–Kier alpha value is -2.88. The molecule has 4 heteroatoms. The minimum atomic E-state index is 0.0348. The molecule has 0 aliphatic rings. The lowest BCUT2D eigenvalue weighted by atomic mass is 9.86. The molecular weight excluding hydrogens is 320 g/mol. The fourth-order valence-corrected chi connectivity index (χ4v) is 3.08. The van der Waals surface area contributed by atoms with Crippen LogP contribution in [-0.2, 0) is 5.41 Å². The number of hydrogen-bond acceptors (Lipinski definition) is 4. The van der Waals surface area contributed by atoms with E-state index in [0.29, 0.717) is 11.6 Å². The van der Waals surface area contributed by atoms with Crippen molar-refractivity contribution in [2.75, 3.05) is 10.6 Å². The number of rotatable bonds is 4. The van der Waals surface area contributed by atoms with Crippen molar-refractivity contribution in [1.29, 1.82) is 0 Å². The van der Waals surface area contributed by atoms with E-state index in [1.807, 2.05) is 6.07 Å². The van der Waals surface area contributed by atoms with Gasteiger partial charge in [0.05, 0.1) is 0 Å². The molecule has 0 unspecified atom stereocenters. The molecule has 0 radical (unpaired) electrons. The van der Waals surface area contributed by atoms with E-state index in [2.05, 4.69) is 91.6 Å². The average molecular weight is 346 g/mol. The summed E-state index contributed by atoms with van der Waals surface area (Å²) in [6.07, 6.45) is 3.40. The highest BCUT2D eigenvalue weighted by Gasteiger charge is 2.18. The van der Waals surface area contributed by atoms with Gasteiger partial charge in [0.25, 0.3) is 0 Å². The van der Waals surface area contributed by atoms with Gasteiger partial charge in [0, 0.05) is 23.8 Å². The van der Waals surface area contributed by atoms with Crippen molar-refractivity contribution < 1.29 is 0 Å². The minimum absolute atomic E-state index is 0.0348. The van der Waals surface area contributed by atoms with E-state index >= 15 is 0 Å². The fourth-order valence-electron chi connectivity index (χ4n) is 3.08. The van der Waals surface area contributed by atoms with Crippen LogP contribution >= 0.6 is 0 Å². The summed E-state index contributed by atoms with van der Waals surface area (Å²) in [6.45, 7) is 10.8. The van der Waals surface area contributed by atoms with Gasteiger partial charge in [0.2, 0.25) is 0 Å². The molecule has 0 aliphatic heterocycles. The normalized spacial score (nSPS) is 11.3. The van der Waals surface area contributed by atoms with Crippen molar-refractivity contribution in [3.05, 3.63) is 71.5 Å². The molecule has 0 atom stereocenters. The van der Waals surface area contributed by atoms with E-state index in [-0.39, 0.29) is 5.41 Å². The third-order valence-electron chi connectivity index (χ3n) is 4.17. The summed E-state index contributed by atoms with van der Waals surface area (Å²) in [4.78, 5) is 8.99. The molecule has 26 heavy (non-hydrogen) atoms. The Balaban J connectivity index is 1.94. The van der Waals surface area contributed by atoms with Gasteiger partial charge in [-0.3, -0.25) is 0 Å². The molecule has 0 bridgehead atoms. The van der Waals surface area contributed by atoms with E-state index in [1.165, 1.54) is 16.7 Å². The van der Waals surface area contributed by atoms with Gasteiger partial charge in [0.15, 0.2) is 11.6 Å². The summed E-state index contributed by atoms with van der Waals surface area (Å²) in [5.41, 5.74) is 5.75. The second-order valence-corrected chi connectivity index (χ2v) is 7.68. The highest BCUT2D eigenvalue weighted by Crippen LogP contribution is 2.32. The highest BCUT2D eigenvalue weighted by atomic mass is 15.1. The first-order valence-electron chi connectivity index (χ1n) is 8.86. The molecule has 0 aliphatic carbocycles. The van der Waals surface area contributed by atoms with Crippen LogP contribution in [-0.4, -0.2) is 9.97 Å². The van der Waals surface area contributed by atoms with Gasteiger partial charge in [-0.2, -0.15) is 0 Å². The molecule has 0 fully saturated rings. The van der Waals surface area contributed by atoms with E-state index in [0.717, 1.165) is 11.4 Å². The standard InChI is InChI=1S/C22H26N4/c1-15-12-16(2)14-17(13-15)25-20-21(24-11-10-23-20)26-19-9-7-6-8-18(19)22(3,4)5/h6-14H,1-5H3,(H,23,25)(H,24,26). The maximum absolute atomic E-state index is 4.50. The van der Waals surface area contributed by atoms with E-state index < -0.39 is 0 Å². The van der Waals surface area contributed by atoms with Crippen LogP contribution in [0.1, 0.15) is 37.5 Å². The molecule has 2 N–H and O–H groups in total. The zero-order valence-corrected chi connectivity index (χ0v) is 16.1. The minimum Gasteiger partial charge on any atom is -0.337 e. The number of hydrogen-bond donors (Lipinski definition) is 2. The molecule has 134 valence electrons. The average Bonchev–Trinajstić information content (AvgIpc) is 2.55. The van der Waals surface area contributed by atoms with Crippen LogP contribution in [0, 0.1) is 13.8 Å². The molecule has 1 heterocycles. The molecule has 0 amide bonds. The summed E-state index contributed by atoms with van der Waals surface area (Å²) in [5, 5.41) is 6.86. The number of benzene rings is 2. The van der Waals surface area contributed by atoms with Gasteiger partial charge in [-0.25, -0.2) is 9.97 Å². The van der Waals surface area contributed by atoms with Crippen molar-refractivity contribution in [1.82, 2.24) is 9.97 Å². The lowest BCUT2D eigenvalue weighted by molar-refractivity contribution is 0.592. The first kappa shape index (κ1) is 17.9. The second kappa shape index (κ2) is 7.16. The monoisotopic (exact) mass is 346 g/mol. The van der Waals surface area contributed by atoms with Gasteiger partial charge in [-0.05, 0) is 54.2 Å². The highest BCUT2D eigenvalue weighted by molar-refractivity contribution is 5.73. The Kier molecular flexibility index (Phi) is 4.94. The zero-order chi connectivity index (χ0) is 18.7. The topological polar surface area (TPSA) is 49.8 Å². The number of anilines is 4. The van der Waals surface area contributed by atoms with E-state index in [9.17, 15) is 0 Å². The molecule has 0 saturated carbocycles. The summed E-state index contributed by atoms with van der Waals surface area (Å²) in [7, 11) is 0. The Labute approximate surface area is 155 Å². The Morgan fingerprint density at radius 2 is 1.35 bits per heavy atom. The third-order valence-corrected chi connectivity index (χ3v) is 4.17. The van der Waals surface area contributed by atoms with Crippen LogP contribution in [0.3, 0.4) is 0 Å². The van der Waals surface area contributed by atoms with Crippen molar-refractivity contribution in [3.63, 3.8) is 0 Å². The molecule has 3 rings (SSSR count). The number of nitrogens with one attached hydrogen (secondary N) is 2. The molecule has 1 aromatic heterocycles. The molecule has 0 spiro atoms. The number of para-hydroxylation sites is 1. The molecule has 0 saturated heterocycles. The molecular formula is C22H26N4. The first-order valence-corrected chi connectivity index (χ1v) is 8.86. The van der Waals surface area contributed by atoms with Crippen molar-refractivity contribution in [3.8, 4) is 0 Å². The van der Waals surface area contributed by atoms with E-state index in [1.54, 1.807) is 12.4 Å². The van der Waals surface area contributed by atoms with Crippen molar-refractivity contribution in [2.24, 2.45) is 0 Å². The molecule has 3 aromatic rings. The first-order chi connectivity index (χ1) is 12.3. The lowest BCUT2D eigenvalue weighted by Gasteiger charge is -2.23. The van der Waals surface area contributed by atoms with Gasteiger partial charge in [-0.15, -0.1) is 0 Å². The summed E-state index contributed by atoms with van der Waals surface area (Å²) >= 11 is 0. The Morgan fingerprint density at radius 3 is 1.96 bits per heavy atom. The lowest BCUT2D eigenvalue weighted by Crippen LogP contribution is -2.14. The number of aromatic nitrogens is 2. The quantitative estimate of drug-likeness (QED) is 0.619. The number of aryl methyl sites for hydroxylation is 2. The SMILES string of the molecule is Cc1cc(C)cc(Nc2nccnc2Nc2ccccc2C(C)(C)C)c1. The van der Waals surface area contributed by atoms with Crippen LogP contribution in [0.2, 0.25) is 0 Å². The second-order valence-electron chi connectivity index (χ2n) is 7.68. The maximum Gasteiger partial charge on any atom is 0.173 e. The third kappa shape index (κ3) is 4.20. The van der Waals surface area contributed by atoms with Crippen molar-refractivity contribution in [2.45, 2.75) is 40.0 Å². The van der Waals surface area contributed by atoms with Gasteiger partial charge in [0.1, 0.15) is 0 Å². The van der Waals surface area contributed by atoms with Crippen LogP contribution in [0.5, 0.6) is 0 Å². The predicted molar refractivity (Wildman–Crippen MR) is 110 cm³/mol. The van der Waals surface area contributed by atoms with Gasteiger partial charge < -0.3 is 10.6 Å². The molecule has 2 aromatic carbocycles. The van der Waals surface area contributed by atoms with Crippen LogP contribution < -0.4 is 10.6 Å². The Morgan fingerprint density at radius 1 is 0.769 bits per heavy atom. The maximum atomic E-state index is 4.50. The smallest absolute Gasteiger partial charge is 0.173 e. The summed E-state index contributed by atoms with van der Waals surface area (Å²) < 4.78 is 0. The summed E-state index contributed by atoms with van der Waals surface area (Å²) in [6, 6.07) is 14.7. The van der Waals surface area contributed by atoms with Gasteiger partial charge >= 0.3 is 0 Å². The summed E-state index contributed by atoms with van der Waals surface area (Å²) in [5.74, 6) is 1.42. The Bertz CT molecular complexity index is 890. The largest absolute Gasteiger partial charge is 0.337 e. The van der Waals surface area contributed by atoms with Crippen LogP contribution in [0.15, 0.2) is 54.9 Å². The van der Waals surface area contributed by atoms with Gasteiger partial charge in [-0.1, -0.05) is 45.0 Å². The predicted octanol–water partition coefficient (Wildman–Crippen LogP) is 5.88. The van der Waals surface area contributed by atoms with E-state index in [4.69, 9.17) is 0 Å². The van der Waals surface area contributed by atoms with Crippen LogP contribution in [0.4, 0.5) is 23.0 Å².